The second-order valence-electron chi connectivity index (χ2n) is 8.57. The van der Waals surface area contributed by atoms with Gasteiger partial charge in [-0.15, -0.1) is 0 Å². The van der Waals surface area contributed by atoms with Gasteiger partial charge < -0.3 is 19.5 Å². The SMILES string of the molecule is O=C(Nc1cccc(-c2coc3c(=O)[nH]c(=O)[nH]c23)c1)c1ccc(OCCN2CCCCC2)cc1. The van der Waals surface area contributed by atoms with Gasteiger partial charge in [-0.1, -0.05) is 18.6 Å². The summed E-state index contributed by atoms with van der Waals surface area (Å²) in [6.07, 6.45) is 5.23. The number of benzene rings is 2. The van der Waals surface area contributed by atoms with Gasteiger partial charge in [0.05, 0.1) is 0 Å². The predicted octanol–water partition coefficient (Wildman–Crippen LogP) is 3.59. The van der Waals surface area contributed by atoms with Gasteiger partial charge in [0.25, 0.3) is 11.5 Å². The van der Waals surface area contributed by atoms with Crippen LogP contribution in [0.2, 0.25) is 0 Å². The second-order valence-corrected chi connectivity index (χ2v) is 8.57. The number of furan rings is 1. The summed E-state index contributed by atoms with van der Waals surface area (Å²) in [5, 5.41) is 2.88. The molecule has 3 N–H and O–H groups in total. The van der Waals surface area contributed by atoms with E-state index < -0.39 is 11.2 Å². The first kappa shape index (κ1) is 22.7. The molecule has 180 valence electrons. The van der Waals surface area contributed by atoms with Crippen LogP contribution in [-0.2, 0) is 0 Å². The average Bonchev–Trinajstić information content (AvgIpc) is 3.29. The highest BCUT2D eigenvalue weighted by atomic mass is 16.5. The number of aromatic nitrogens is 2. The van der Waals surface area contributed by atoms with Gasteiger partial charge in [0.1, 0.15) is 24.1 Å². The van der Waals surface area contributed by atoms with Crippen molar-refractivity contribution in [3.05, 3.63) is 81.2 Å². The number of nitrogens with zero attached hydrogens (tertiary/aromatic N) is 1. The number of ether oxygens (including phenoxy) is 1. The van der Waals surface area contributed by atoms with E-state index in [9.17, 15) is 14.4 Å². The number of fused-ring (bicyclic) bond motifs is 1. The minimum atomic E-state index is -0.617. The van der Waals surface area contributed by atoms with Gasteiger partial charge in [-0.25, -0.2) is 4.79 Å². The molecule has 0 spiro atoms. The lowest BCUT2D eigenvalue weighted by molar-refractivity contribution is 0.102. The standard InChI is InChI=1S/C26H26N4O5/c31-24(17-7-9-20(10-8-17)34-14-13-30-11-2-1-3-12-30)27-19-6-4-5-18(15-19)21-16-35-23-22(21)28-26(33)29-25(23)32/h4-10,15-16H,1-3,11-14H2,(H,27,31)(H2,28,29,32,33). The van der Waals surface area contributed by atoms with E-state index in [1.807, 2.05) is 0 Å². The minimum absolute atomic E-state index is 0.0345. The molecule has 2 aromatic heterocycles. The largest absolute Gasteiger partial charge is 0.492 e. The van der Waals surface area contributed by atoms with Crippen molar-refractivity contribution in [2.45, 2.75) is 19.3 Å². The lowest BCUT2D eigenvalue weighted by atomic mass is 10.1. The summed E-state index contributed by atoms with van der Waals surface area (Å²) in [5.74, 6) is 0.472. The number of carbonyl (C=O) groups excluding carboxylic acids is 1. The summed E-state index contributed by atoms with van der Waals surface area (Å²) in [6.45, 7) is 3.80. The Morgan fingerprint density at radius 2 is 1.83 bits per heavy atom. The van der Waals surface area contributed by atoms with Crippen molar-refractivity contribution < 1.29 is 13.9 Å². The Kier molecular flexibility index (Phi) is 6.49. The molecule has 0 atom stereocenters. The summed E-state index contributed by atoms with van der Waals surface area (Å²) in [7, 11) is 0. The third kappa shape index (κ3) is 5.20. The van der Waals surface area contributed by atoms with Gasteiger partial charge in [0.2, 0.25) is 5.58 Å². The zero-order chi connectivity index (χ0) is 24.2. The Bertz CT molecular complexity index is 1450. The van der Waals surface area contributed by atoms with Crippen molar-refractivity contribution in [2.24, 2.45) is 0 Å². The van der Waals surface area contributed by atoms with E-state index in [0.29, 0.717) is 34.5 Å². The van der Waals surface area contributed by atoms with Crippen molar-refractivity contribution in [1.29, 1.82) is 0 Å². The van der Waals surface area contributed by atoms with Gasteiger partial charge >= 0.3 is 5.69 Å². The second kappa shape index (κ2) is 10.0. The molecule has 0 saturated carbocycles. The highest BCUT2D eigenvalue weighted by Gasteiger charge is 2.14. The van der Waals surface area contributed by atoms with Crippen LogP contribution in [0.5, 0.6) is 5.75 Å². The molecule has 9 nitrogen and oxygen atoms in total. The molecule has 0 unspecified atom stereocenters. The van der Waals surface area contributed by atoms with E-state index in [4.69, 9.17) is 9.15 Å². The molecule has 1 saturated heterocycles. The van der Waals surface area contributed by atoms with E-state index in [-0.39, 0.29) is 11.5 Å². The van der Waals surface area contributed by atoms with Crippen LogP contribution in [0.1, 0.15) is 29.6 Å². The smallest absolute Gasteiger partial charge is 0.326 e. The van der Waals surface area contributed by atoms with Crippen LogP contribution in [0, 0.1) is 0 Å². The molecule has 0 radical (unpaired) electrons. The summed E-state index contributed by atoms with van der Waals surface area (Å²) in [4.78, 5) is 43.5. The summed E-state index contributed by atoms with van der Waals surface area (Å²) < 4.78 is 11.2. The Morgan fingerprint density at radius 3 is 2.63 bits per heavy atom. The van der Waals surface area contributed by atoms with Crippen LogP contribution in [0.15, 0.2) is 68.8 Å². The van der Waals surface area contributed by atoms with E-state index >= 15 is 0 Å². The number of piperidine rings is 1. The Balaban J connectivity index is 1.24. The molecule has 1 aliphatic rings. The number of amides is 1. The lowest BCUT2D eigenvalue weighted by Crippen LogP contribution is -2.33. The maximum atomic E-state index is 12.8. The number of nitrogens with one attached hydrogen (secondary N) is 3. The number of likely N-dealkylation sites (tertiary alicyclic amines) is 1. The fourth-order valence-corrected chi connectivity index (χ4v) is 4.31. The summed E-state index contributed by atoms with van der Waals surface area (Å²) in [5.41, 5.74) is 1.42. The van der Waals surface area contributed by atoms with Crippen LogP contribution in [-0.4, -0.2) is 47.0 Å². The fraction of sp³-hybridized carbons (Fsp3) is 0.269. The Hall–Kier alpha value is -4.11. The third-order valence-electron chi connectivity index (χ3n) is 6.14. The first-order valence-electron chi connectivity index (χ1n) is 11.7. The highest BCUT2D eigenvalue weighted by Crippen LogP contribution is 2.29. The molecule has 4 aromatic rings. The van der Waals surface area contributed by atoms with Crippen LogP contribution in [0.25, 0.3) is 22.2 Å². The fourth-order valence-electron chi connectivity index (χ4n) is 4.31. The third-order valence-corrected chi connectivity index (χ3v) is 6.14. The molecule has 9 heteroatoms. The molecule has 0 aliphatic carbocycles. The Morgan fingerprint density at radius 1 is 1.03 bits per heavy atom. The molecule has 35 heavy (non-hydrogen) atoms. The van der Waals surface area contributed by atoms with Gasteiger partial charge in [-0.05, 0) is 67.9 Å². The number of hydrogen-bond donors (Lipinski definition) is 3. The number of carbonyl (C=O) groups is 1. The summed E-state index contributed by atoms with van der Waals surface area (Å²) in [6, 6.07) is 14.1. The van der Waals surface area contributed by atoms with Gasteiger partial charge in [0, 0.05) is 23.4 Å². The van der Waals surface area contributed by atoms with Crippen molar-refractivity contribution in [1.82, 2.24) is 14.9 Å². The molecule has 1 fully saturated rings. The number of hydrogen-bond acceptors (Lipinski definition) is 6. The average molecular weight is 475 g/mol. The highest BCUT2D eigenvalue weighted by molar-refractivity contribution is 6.04. The Labute approximate surface area is 200 Å². The molecule has 1 aliphatic heterocycles. The van der Waals surface area contributed by atoms with Crippen LogP contribution in [0.3, 0.4) is 0 Å². The van der Waals surface area contributed by atoms with E-state index in [2.05, 4.69) is 20.2 Å². The number of aromatic amines is 2. The first-order valence-corrected chi connectivity index (χ1v) is 11.7. The van der Waals surface area contributed by atoms with Gasteiger partial charge in [-0.3, -0.25) is 19.5 Å². The van der Waals surface area contributed by atoms with Crippen molar-refractivity contribution >= 4 is 22.7 Å². The summed E-state index contributed by atoms with van der Waals surface area (Å²) >= 11 is 0. The minimum Gasteiger partial charge on any atom is -0.492 e. The van der Waals surface area contributed by atoms with Crippen molar-refractivity contribution in [3.63, 3.8) is 0 Å². The maximum Gasteiger partial charge on any atom is 0.326 e. The van der Waals surface area contributed by atoms with Crippen molar-refractivity contribution in [2.75, 3.05) is 31.6 Å². The number of rotatable bonds is 7. The molecule has 2 aromatic carbocycles. The van der Waals surface area contributed by atoms with Crippen LogP contribution >= 0.6 is 0 Å². The predicted molar refractivity (Wildman–Crippen MR) is 133 cm³/mol. The zero-order valence-electron chi connectivity index (χ0n) is 19.1. The molecular weight excluding hydrogens is 448 g/mol. The number of anilines is 1. The topological polar surface area (TPSA) is 120 Å². The van der Waals surface area contributed by atoms with Crippen LogP contribution < -0.4 is 21.3 Å². The molecule has 0 bridgehead atoms. The van der Waals surface area contributed by atoms with E-state index in [1.165, 1.54) is 25.5 Å². The monoisotopic (exact) mass is 474 g/mol. The van der Waals surface area contributed by atoms with Gasteiger partial charge in [-0.2, -0.15) is 0 Å². The number of H-pyrrole nitrogens is 2. The lowest BCUT2D eigenvalue weighted by Gasteiger charge is -2.26. The zero-order valence-corrected chi connectivity index (χ0v) is 19.1. The molecule has 1 amide bonds. The van der Waals surface area contributed by atoms with E-state index in [0.717, 1.165) is 25.4 Å². The van der Waals surface area contributed by atoms with Crippen molar-refractivity contribution in [3.8, 4) is 16.9 Å². The first-order chi connectivity index (χ1) is 17.1. The van der Waals surface area contributed by atoms with Gasteiger partial charge in [0.15, 0.2) is 0 Å². The molecule has 5 rings (SSSR count). The van der Waals surface area contributed by atoms with Crippen LogP contribution in [0.4, 0.5) is 5.69 Å². The quantitative estimate of drug-likeness (QED) is 0.376. The molecular formula is C26H26N4O5. The molecule has 3 heterocycles. The normalized spacial score (nSPS) is 14.2. The maximum absolute atomic E-state index is 12.8. The van der Waals surface area contributed by atoms with E-state index in [1.54, 1.807) is 48.5 Å².